The topological polar surface area (TPSA) is 79.4 Å². The van der Waals surface area contributed by atoms with Gasteiger partial charge in [0.05, 0.1) is 10.8 Å². The summed E-state index contributed by atoms with van der Waals surface area (Å²) in [4.78, 5) is 17.5. The lowest BCUT2D eigenvalue weighted by atomic mass is 9.99. The molecule has 0 unspecified atom stereocenters. The van der Waals surface area contributed by atoms with E-state index in [1.54, 1.807) is 9.69 Å². The van der Waals surface area contributed by atoms with Gasteiger partial charge in [-0.05, 0) is 43.0 Å². The van der Waals surface area contributed by atoms with Crippen LogP contribution in [0, 0.1) is 0 Å². The molecule has 0 radical (unpaired) electrons. The van der Waals surface area contributed by atoms with E-state index >= 15 is 0 Å². The first-order valence-corrected chi connectivity index (χ1v) is 13.8. The van der Waals surface area contributed by atoms with Crippen molar-refractivity contribution < 1.29 is 13.2 Å². The molecule has 6 nitrogen and oxygen atoms in total. The first-order chi connectivity index (χ1) is 15.9. The van der Waals surface area contributed by atoms with Crippen LogP contribution in [0.5, 0.6) is 0 Å². The number of aromatic nitrogens is 1. The van der Waals surface area contributed by atoms with Gasteiger partial charge in [-0.3, -0.25) is 4.79 Å². The lowest BCUT2D eigenvalue weighted by Gasteiger charge is -2.30. The molecule has 33 heavy (non-hydrogen) atoms. The fourth-order valence-electron chi connectivity index (χ4n) is 4.01. The van der Waals surface area contributed by atoms with E-state index in [4.69, 9.17) is 11.6 Å². The van der Waals surface area contributed by atoms with Crippen LogP contribution < -0.4 is 5.32 Å². The minimum absolute atomic E-state index is 0.172. The highest BCUT2D eigenvalue weighted by Crippen LogP contribution is 2.32. The lowest BCUT2D eigenvalue weighted by Crippen LogP contribution is -2.39. The van der Waals surface area contributed by atoms with Crippen molar-refractivity contribution in [2.45, 2.75) is 32.1 Å². The Bertz CT molecular complexity index is 1220. The van der Waals surface area contributed by atoms with Crippen molar-refractivity contribution in [3.63, 3.8) is 0 Å². The number of piperidine rings is 1. The fourth-order valence-corrected chi connectivity index (χ4v) is 6.65. The molecule has 1 aliphatic rings. The maximum absolute atomic E-state index is 12.9. The Hall–Kier alpha value is -2.26. The number of amides is 1. The first-order valence-electron chi connectivity index (χ1n) is 11.0. The van der Waals surface area contributed by atoms with Crippen LogP contribution in [0.4, 0.5) is 5.69 Å². The van der Waals surface area contributed by atoms with Gasteiger partial charge in [0, 0.05) is 40.7 Å². The summed E-state index contributed by atoms with van der Waals surface area (Å²) in [6.07, 6.45) is 2.06. The molecule has 1 saturated heterocycles. The van der Waals surface area contributed by atoms with Crippen LogP contribution in [0.25, 0.3) is 11.1 Å². The Morgan fingerprint density at radius 1 is 1.15 bits per heavy atom. The van der Waals surface area contributed by atoms with E-state index in [9.17, 15) is 13.2 Å². The summed E-state index contributed by atoms with van der Waals surface area (Å²) in [6, 6.07) is 15.1. The van der Waals surface area contributed by atoms with Crippen LogP contribution in [-0.2, 0) is 10.0 Å². The number of para-hydroxylation sites is 1. The fraction of sp³-hybridized carbons (Fsp3) is 0.333. The average molecular weight is 504 g/mol. The minimum Gasteiger partial charge on any atom is -0.320 e. The van der Waals surface area contributed by atoms with E-state index in [1.807, 2.05) is 55.5 Å². The summed E-state index contributed by atoms with van der Waals surface area (Å²) in [5, 5.41) is 6.30. The largest absolute Gasteiger partial charge is 0.320 e. The average Bonchev–Trinajstić information content (AvgIpc) is 3.31. The molecule has 2 aromatic carbocycles. The van der Waals surface area contributed by atoms with Crippen LogP contribution >= 0.6 is 22.9 Å². The molecule has 0 atom stereocenters. The Morgan fingerprint density at radius 3 is 2.55 bits per heavy atom. The number of nitrogens with one attached hydrogen (secondary N) is 1. The molecule has 0 saturated carbocycles. The van der Waals surface area contributed by atoms with Crippen LogP contribution in [-0.4, -0.2) is 42.5 Å². The third-order valence-corrected chi connectivity index (χ3v) is 9.08. The smallest absolute Gasteiger partial charge is 0.275 e. The highest BCUT2D eigenvalue weighted by Gasteiger charge is 2.29. The number of anilines is 1. The third kappa shape index (κ3) is 5.63. The summed E-state index contributed by atoms with van der Waals surface area (Å²) in [7, 11) is -3.17. The number of carbonyl (C=O) groups is 1. The predicted octanol–water partition coefficient (Wildman–Crippen LogP) is 5.64. The molecule has 1 N–H and O–H groups in total. The zero-order valence-corrected chi connectivity index (χ0v) is 20.7. The Balaban J connectivity index is 1.43. The van der Waals surface area contributed by atoms with Crippen LogP contribution in [0.15, 0.2) is 53.9 Å². The van der Waals surface area contributed by atoms with E-state index in [0.717, 1.165) is 29.0 Å². The summed E-state index contributed by atoms with van der Waals surface area (Å²) in [6.45, 7) is 2.88. The highest BCUT2D eigenvalue weighted by molar-refractivity contribution is 7.89. The molecule has 1 aromatic heterocycles. The normalized spacial score (nSPS) is 15.5. The molecule has 4 rings (SSSR count). The van der Waals surface area contributed by atoms with Crippen LogP contribution in [0.2, 0.25) is 5.02 Å². The Kier molecular flexibility index (Phi) is 7.48. The molecule has 0 spiro atoms. The second kappa shape index (κ2) is 10.3. The van der Waals surface area contributed by atoms with E-state index in [2.05, 4.69) is 10.3 Å². The van der Waals surface area contributed by atoms with Crippen LogP contribution in [0.3, 0.4) is 0 Å². The summed E-state index contributed by atoms with van der Waals surface area (Å²) < 4.78 is 26.2. The number of sulfonamides is 1. The van der Waals surface area contributed by atoms with Crippen molar-refractivity contribution in [3.05, 3.63) is 69.6 Å². The SMILES string of the molecule is CCCS(=O)(=O)N1CCC(c2nc(C(=O)Nc3ccccc3-c3ccc(Cl)cc3)cs2)CC1. The number of hydrogen-bond acceptors (Lipinski definition) is 5. The molecule has 0 aliphatic carbocycles. The molecule has 0 bridgehead atoms. The van der Waals surface area contributed by atoms with Crippen LogP contribution in [0.1, 0.15) is 47.6 Å². The number of hydrogen-bond donors (Lipinski definition) is 1. The summed E-state index contributed by atoms with van der Waals surface area (Å²) >= 11 is 7.47. The maximum atomic E-state index is 12.9. The number of nitrogens with zero attached hydrogens (tertiary/aromatic N) is 2. The number of carbonyl (C=O) groups excluding carboxylic acids is 1. The molecule has 9 heteroatoms. The zero-order valence-electron chi connectivity index (χ0n) is 18.3. The highest BCUT2D eigenvalue weighted by atomic mass is 35.5. The lowest BCUT2D eigenvalue weighted by molar-refractivity contribution is 0.102. The van der Waals surface area contributed by atoms with Gasteiger partial charge in [0.1, 0.15) is 5.69 Å². The predicted molar refractivity (Wildman–Crippen MR) is 135 cm³/mol. The van der Waals surface area contributed by atoms with Gasteiger partial charge in [0.2, 0.25) is 10.0 Å². The van der Waals surface area contributed by atoms with Crippen molar-refractivity contribution >= 4 is 44.6 Å². The Morgan fingerprint density at radius 2 is 1.85 bits per heavy atom. The Labute approximate surface area is 203 Å². The van der Waals surface area contributed by atoms with Gasteiger partial charge in [-0.2, -0.15) is 0 Å². The molecular formula is C24H26ClN3O3S2. The van der Waals surface area contributed by atoms with Gasteiger partial charge < -0.3 is 5.32 Å². The number of halogens is 1. The van der Waals surface area contributed by atoms with E-state index in [-0.39, 0.29) is 17.6 Å². The summed E-state index contributed by atoms with van der Waals surface area (Å²) in [5.74, 6) is 0.101. The van der Waals surface area contributed by atoms with Crippen molar-refractivity contribution in [2.24, 2.45) is 0 Å². The molecule has 1 amide bonds. The zero-order chi connectivity index (χ0) is 23.4. The number of benzene rings is 2. The molecular weight excluding hydrogens is 478 g/mol. The van der Waals surface area contributed by atoms with E-state index < -0.39 is 10.0 Å². The van der Waals surface area contributed by atoms with Crippen molar-refractivity contribution in [1.29, 1.82) is 0 Å². The quantitative estimate of drug-likeness (QED) is 0.452. The second-order valence-corrected chi connectivity index (χ2v) is 11.5. The molecule has 1 aliphatic heterocycles. The van der Waals surface area contributed by atoms with Gasteiger partial charge in [0.25, 0.3) is 5.91 Å². The van der Waals surface area contributed by atoms with Gasteiger partial charge in [-0.1, -0.05) is 48.9 Å². The minimum atomic E-state index is -3.17. The number of thiazole rings is 1. The van der Waals surface area contributed by atoms with E-state index in [1.165, 1.54) is 11.3 Å². The van der Waals surface area contributed by atoms with Gasteiger partial charge in [-0.25, -0.2) is 17.7 Å². The molecule has 1 fully saturated rings. The summed E-state index contributed by atoms with van der Waals surface area (Å²) in [5.41, 5.74) is 2.94. The monoisotopic (exact) mass is 503 g/mol. The van der Waals surface area contributed by atoms with Gasteiger partial charge >= 0.3 is 0 Å². The van der Waals surface area contributed by atoms with Gasteiger partial charge in [-0.15, -0.1) is 11.3 Å². The van der Waals surface area contributed by atoms with Crippen molar-refractivity contribution in [3.8, 4) is 11.1 Å². The maximum Gasteiger partial charge on any atom is 0.275 e. The van der Waals surface area contributed by atoms with Crippen molar-refractivity contribution in [1.82, 2.24) is 9.29 Å². The molecule has 3 aromatic rings. The molecule has 2 heterocycles. The third-order valence-electron chi connectivity index (χ3n) is 5.74. The van der Waals surface area contributed by atoms with Gasteiger partial charge in [0.15, 0.2) is 0 Å². The van der Waals surface area contributed by atoms with E-state index in [0.29, 0.717) is 35.9 Å². The van der Waals surface area contributed by atoms with Crippen molar-refractivity contribution in [2.75, 3.05) is 24.2 Å². The molecule has 174 valence electrons. The second-order valence-electron chi connectivity index (χ2n) is 8.07. The first kappa shape index (κ1) is 23.9. The standard InChI is InChI=1S/C24H26ClN3O3S2/c1-2-15-33(30,31)28-13-11-18(12-14-28)24-27-22(16-32-24)23(29)26-21-6-4-3-5-20(21)17-7-9-19(25)10-8-17/h3-10,16,18H,2,11-15H2,1H3,(H,26,29). The number of rotatable bonds is 7.